The van der Waals surface area contributed by atoms with E-state index in [1.54, 1.807) is 0 Å². The third-order valence-corrected chi connectivity index (χ3v) is 3.17. The predicted molar refractivity (Wildman–Crippen MR) is 63.8 cm³/mol. The third kappa shape index (κ3) is 2.58. The highest BCUT2D eigenvalue weighted by Crippen LogP contribution is 2.42. The molecule has 1 aliphatic carbocycles. The van der Waals surface area contributed by atoms with Gasteiger partial charge >= 0.3 is 0 Å². The summed E-state index contributed by atoms with van der Waals surface area (Å²) in [4.78, 5) is 2.21. The summed E-state index contributed by atoms with van der Waals surface area (Å²) in [5.41, 5.74) is 8.85. The minimum Gasteiger partial charge on any atom is -0.321 e. The van der Waals surface area contributed by atoms with E-state index in [2.05, 4.69) is 43.3 Å². The molecule has 0 spiro atoms. The van der Waals surface area contributed by atoms with Gasteiger partial charge in [0.05, 0.1) is 0 Å². The van der Waals surface area contributed by atoms with Crippen molar-refractivity contribution in [3.8, 4) is 0 Å². The molecule has 0 aromatic heterocycles. The standard InChI is InChI=1S/C13H20N2/c1-15(2)10-7-11-3-5-12(6-4-11)13(14)8-9-13/h3-6H,7-10,14H2,1-2H3. The van der Waals surface area contributed by atoms with Crippen LogP contribution in [0.4, 0.5) is 0 Å². The lowest BCUT2D eigenvalue weighted by atomic mass is 10.0. The Morgan fingerprint density at radius 1 is 1.20 bits per heavy atom. The maximum Gasteiger partial charge on any atom is 0.0411 e. The number of hydrogen-bond acceptors (Lipinski definition) is 2. The summed E-state index contributed by atoms with van der Waals surface area (Å²) in [5, 5.41) is 0. The first kappa shape index (κ1) is 10.7. The van der Waals surface area contributed by atoms with Crippen LogP contribution < -0.4 is 5.73 Å². The van der Waals surface area contributed by atoms with E-state index in [1.165, 1.54) is 11.1 Å². The Bertz CT molecular complexity index is 323. The normalized spacial score (nSPS) is 18.1. The molecule has 0 heterocycles. The van der Waals surface area contributed by atoms with Gasteiger partial charge in [-0.15, -0.1) is 0 Å². The van der Waals surface area contributed by atoms with Crippen molar-refractivity contribution >= 4 is 0 Å². The van der Waals surface area contributed by atoms with Crippen LogP contribution in [0, 0.1) is 0 Å². The van der Waals surface area contributed by atoms with Crippen LogP contribution in [-0.2, 0) is 12.0 Å². The fourth-order valence-electron chi connectivity index (χ4n) is 1.78. The average Bonchev–Trinajstić information content (AvgIpc) is 2.96. The predicted octanol–water partition coefficient (Wildman–Crippen LogP) is 1.74. The highest BCUT2D eigenvalue weighted by atomic mass is 15.0. The zero-order chi connectivity index (χ0) is 10.9. The van der Waals surface area contributed by atoms with Crippen LogP contribution in [0.5, 0.6) is 0 Å². The number of nitrogens with zero attached hydrogens (tertiary/aromatic N) is 1. The molecule has 0 aliphatic heterocycles. The average molecular weight is 204 g/mol. The van der Waals surface area contributed by atoms with Crippen LogP contribution in [0.2, 0.25) is 0 Å². The van der Waals surface area contributed by atoms with Gasteiger partial charge in [-0.3, -0.25) is 0 Å². The van der Waals surface area contributed by atoms with Crippen molar-refractivity contribution in [3.05, 3.63) is 35.4 Å². The van der Waals surface area contributed by atoms with Crippen molar-refractivity contribution < 1.29 is 0 Å². The number of nitrogens with two attached hydrogens (primary N) is 1. The van der Waals surface area contributed by atoms with E-state index in [4.69, 9.17) is 5.73 Å². The molecule has 15 heavy (non-hydrogen) atoms. The van der Waals surface area contributed by atoms with Crippen molar-refractivity contribution in [1.82, 2.24) is 4.90 Å². The smallest absolute Gasteiger partial charge is 0.0411 e. The number of hydrogen-bond donors (Lipinski definition) is 1. The molecular formula is C13H20N2. The van der Waals surface area contributed by atoms with Crippen LogP contribution in [0.25, 0.3) is 0 Å². The number of rotatable bonds is 4. The van der Waals surface area contributed by atoms with Crippen molar-refractivity contribution in [3.63, 3.8) is 0 Å². The van der Waals surface area contributed by atoms with Gasteiger partial charge in [0.15, 0.2) is 0 Å². The fraction of sp³-hybridized carbons (Fsp3) is 0.538. The molecule has 1 aromatic rings. The molecular weight excluding hydrogens is 184 g/mol. The lowest BCUT2D eigenvalue weighted by molar-refractivity contribution is 0.413. The second kappa shape index (κ2) is 3.95. The zero-order valence-electron chi connectivity index (χ0n) is 9.66. The Hall–Kier alpha value is -0.860. The summed E-state index contributed by atoms with van der Waals surface area (Å²) in [6, 6.07) is 8.81. The lowest BCUT2D eigenvalue weighted by Crippen LogP contribution is -2.18. The molecule has 1 aromatic carbocycles. The van der Waals surface area contributed by atoms with Crippen LogP contribution in [0.15, 0.2) is 24.3 Å². The molecule has 0 atom stereocenters. The highest BCUT2D eigenvalue weighted by molar-refractivity contribution is 5.32. The fourth-order valence-corrected chi connectivity index (χ4v) is 1.78. The molecule has 1 fully saturated rings. The second-order valence-electron chi connectivity index (χ2n) is 4.91. The molecule has 2 rings (SSSR count). The molecule has 2 nitrogen and oxygen atoms in total. The molecule has 1 saturated carbocycles. The Kier molecular flexibility index (Phi) is 2.81. The summed E-state index contributed by atoms with van der Waals surface area (Å²) < 4.78 is 0. The van der Waals surface area contributed by atoms with Gasteiger partial charge < -0.3 is 10.6 Å². The van der Waals surface area contributed by atoms with E-state index in [-0.39, 0.29) is 5.54 Å². The van der Waals surface area contributed by atoms with Crippen LogP contribution >= 0.6 is 0 Å². The summed E-state index contributed by atoms with van der Waals surface area (Å²) >= 11 is 0. The van der Waals surface area contributed by atoms with Crippen molar-refractivity contribution in [2.24, 2.45) is 5.73 Å². The van der Waals surface area contributed by atoms with Gasteiger partial charge in [-0.05, 0) is 44.5 Å². The quantitative estimate of drug-likeness (QED) is 0.809. The maximum atomic E-state index is 6.13. The minimum absolute atomic E-state index is 0.0140. The molecule has 0 unspecified atom stereocenters. The first-order valence-electron chi connectivity index (χ1n) is 5.63. The van der Waals surface area contributed by atoms with Crippen molar-refractivity contribution in [1.29, 1.82) is 0 Å². The van der Waals surface area contributed by atoms with Gasteiger partial charge in [-0.2, -0.15) is 0 Å². The maximum absolute atomic E-state index is 6.13. The molecule has 0 bridgehead atoms. The summed E-state index contributed by atoms with van der Waals surface area (Å²) in [5.74, 6) is 0. The summed E-state index contributed by atoms with van der Waals surface area (Å²) in [6.45, 7) is 1.10. The minimum atomic E-state index is 0.0140. The summed E-state index contributed by atoms with van der Waals surface area (Å²) in [7, 11) is 4.21. The van der Waals surface area contributed by atoms with Crippen LogP contribution in [-0.4, -0.2) is 25.5 Å². The second-order valence-corrected chi connectivity index (χ2v) is 4.91. The van der Waals surface area contributed by atoms with Gasteiger partial charge in [0.25, 0.3) is 0 Å². The van der Waals surface area contributed by atoms with E-state index in [0.29, 0.717) is 0 Å². The monoisotopic (exact) mass is 204 g/mol. The first-order chi connectivity index (χ1) is 7.10. The zero-order valence-corrected chi connectivity index (χ0v) is 9.66. The van der Waals surface area contributed by atoms with Crippen LogP contribution in [0.1, 0.15) is 24.0 Å². The molecule has 0 saturated heterocycles. The van der Waals surface area contributed by atoms with Gasteiger partial charge in [0.1, 0.15) is 0 Å². The topological polar surface area (TPSA) is 29.3 Å². The van der Waals surface area contributed by atoms with E-state index >= 15 is 0 Å². The highest BCUT2D eigenvalue weighted by Gasteiger charge is 2.39. The number of likely N-dealkylation sites (N-methyl/N-ethyl adjacent to an activating group) is 1. The number of benzene rings is 1. The molecule has 82 valence electrons. The van der Waals surface area contributed by atoms with Crippen molar-refractivity contribution in [2.45, 2.75) is 24.8 Å². The first-order valence-corrected chi connectivity index (χ1v) is 5.63. The van der Waals surface area contributed by atoms with Gasteiger partial charge in [-0.1, -0.05) is 24.3 Å². The molecule has 0 radical (unpaired) electrons. The molecule has 2 N–H and O–H groups in total. The summed E-state index contributed by atoms with van der Waals surface area (Å²) in [6.07, 6.45) is 3.40. The third-order valence-electron chi connectivity index (χ3n) is 3.17. The molecule has 0 amide bonds. The largest absolute Gasteiger partial charge is 0.321 e. The van der Waals surface area contributed by atoms with E-state index in [9.17, 15) is 0 Å². The lowest BCUT2D eigenvalue weighted by Gasteiger charge is -2.11. The Balaban J connectivity index is 1.98. The van der Waals surface area contributed by atoms with Crippen molar-refractivity contribution in [2.75, 3.05) is 20.6 Å². The Morgan fingerprint density at radius 2 is 1.80 bits per heavy atom. The SMILES string of the molecule is CN(C)CCc1ccc(C2(N)CC2)cc1. The van der Waals surface area contributed by atoms with Gasteiger partial charge in [-0.25, -0.2) is 0 Å². The molecule has 2 heteroatoms. The van der Waals surface area contributed by atoms with E-state index in [1.807, 2.05) is 0 Å². The Labute approximate surface area is 92.1 Å². The Morgan fingerprint density at radius 3 is 2.27 bits per heavy atom. The van der Waals surface area contributed by atoms with Crippen LogP contribution in [0.3, 0.4) is 0 Å². The van der Waals surface area contributed by atoms with Gasteiger partial charge in [0, 0.05) is 12.1 Å². The van der Waals surface area contributed by atoms with E-state index in [0.717, 1.165) is 25.8 Å². The van der Waals surface area contributed by atoms with E-state index < -0.39 is 0 Å². The van der Waals surface area contributed by atoms with Gasteiger partial charge in [0.2, 0.25) is 0 Å². The molecule has 1 aliphatic rings.